The Hall–Kier alpha value is -1.36. The van der Waals surface area contributed by atoms with E-state index in [0.29, 0.717) is 12.3 Å². The number of hydrogen-bond acceptors (Lipinski definition) is 4. The van der Waals surface area contributed by atoms with Gasteiger partial charge in [0.15, 0.2) is 10.9 Å². The fourth-order valence-electron chi connectivity index (χ4n) is 1.15. The quantitative estimate of drug-likeness (QED) is 0.305. The SMILES string of the molecule is CCCC=CC=CC(=O)CC(=O)SCCNC(C)=O. The number of carbonyl (C=O) groups excluding carboxylic acids is 3. The smallest absolute Gasteiger partial charge is 0.216 e. The van der Waals surface area contributed by atoms with Gasteiger partial charge in [-0.1, -0.05) is 43.3 Å². The summed E-state index contributed by atoms with van der Waals surface area (Å²) < 4.78 is 0. The van der Waals surface area contributed by atoms with Crippen LogP contribution in [0.3, 0.4) is 0 Å². The van der Waals surface area contributed by atoms with Crippen LogP contribution in [0.4, 0.5) is 0 Å². The molecule has 0 atom stereocenters. The Bertz CT molecular complexity index is 362. The van der Waals surface area contributed by atoms with Gasteiger partial charge in [-0.05, 0) is 12.5 Å². The highest BCUT2D eigenvalue weighted by atomic mass is 32.2. The maximum Gasteiger partial charge on any atom is 0.216 e. The van der Waals surface area contributed by atoms with Crippen LogP contribution in [0.5, 0.6) is 0 Å². The maximum atomic E-state index is 11.4. The van der Waals surface area contributed by atoms with Crippen LogP contribution < -0.4 is 5.32 Å². The summed E-state index contributed by atoms with van der Waals surface area (Å²) in [6, 6.07) is 0. The van der Waals surface area contributed by atoms with Crippen LogP contribution in [-0.4, -0.2) is 29.1 Å². The number of ketones is 1. The lowest BCUT2D eigenvalue weighted by Crippen LogP contribution is -2.22. The van der Waals surface area contributed by atoms with Crippen LogP contribution in [0.1, 0.15) is 33.1 Å². The summed E-state index contributed by atoms with van der Waals surface area (Å²) in [5.41, 5.74) is 0. The molecule has 19 heavy (non-hydrogen) atoms. The average Bonchev–Trinajstić information content (AvgIpc) is 2.34. The first-order valence-corrected chi connectivity index (χ1v) is 7.31. The highest BCUT2D eigenvalue weighted by Crippen LogP contribution is 2.05. The summed E-state index contributed by atoms with van der Waals surface area (Å²) in [5, 5.41) is 2.42. The van der Waals surface area contributed by atoms with Gasteiger partial charge in [0.1, 0.15) is 0 Å². The Morgan fingerprint density at radius 3 is 2.58 bits per heavy atom. The number of unbranched alkanes of at least 4 members (excludes halogenated alkanes) is 1. The van der Waals surface area contributed by atoms with Crippen molar-refractivity contribution in [2.45, 2.75) is 33.1 Å². The van der Waals surface area contributed by atoms with E-state index in [2.05, 4.69) is 12.2 Å². The molecule has 1 N–H and O–H groups in total. The largest absolute Gasteiger partial charge is 0.356 e. The lowest BCUT2D eigenvalue weighted by molar-refractivity contribution is -0.120. The van der Waals surface area contributed by atoms with E-state index in [1.54, 1.807) is 6.08 Å². The molecule has 0 aliphatic rings. The van der Waals surface area contributed by atoms with E-state index in [9.17, 15) is 14.4 Å². The third-order valence-corrected chi connectivity index (χ3v) is 2.92. The first-order valence-electron chi connectivity index (χ1n) is 6.32. The topological polar surface area (TPSA) is 63.2 Å². The number of rotatable bonds is 9. The number of allylic oxidation sites excluding steroid dienone is 4. The summed E-state index contributed by atoms with van der Waals surface area (Å²) in [6.07, 6.45) is 8.83. The third kappa shape index (κ3) is 12.9. The van der Waals surface area contributed by atoms with Crippen molar-refractivity contribution in [3.05, 3.63) is 24.3 Å². The average molecular weight is 283 g/mol. The zero-order valence-corrected chi connectivity index (χ0v) is 12.3. The Labute approximate surface area is 118 Å². The molecule has 1 amide bonds. The van der Waals surface area contributed by atoms with Gasteiger partial charge in [-0.15, -0.1) is 0 Å². The first-order chi connectivity index (χ1) is 9.06. The molecular formula is C14H21NO3S. The highest BCUT2D eigenvalue weighted by molar-refractivity contribution is 8.13. The minimum absolute atomic E-state index is 0.0944. The van der Waals surface area contributed by atoms with Gasteiger partial charge < -0.3 is 5.32 Å². The number of carbonyl (C=O) groups is 3. The molecule has 0 bridgehead atoms. The fraction of sp³-hybridized carbons (Fsp3) is 0.500. The Morgan fingerprint density at radius 1 is 1.21 bits per heavy atom. The zero-order valence-electron chi connectivity index (χ0n) is 11.5. The standard InChI is InChI=1S/C14H21NO3S/c1-3-4-5-6-7-8-13(17)11-14(18)19-10-9-15-12(2)16/h5-8H,3-4,9-11H2,1-2H3,(H,15,16). The van der Waals surface area contributed by atoms with E-state index in [1.807, 2.05) is 12.2 Å². The predicted molar refractivity (Wildman–Crippen MR) is 79.0 cm³/mol. The van der Waals surface area contributed by atoms with E-state index >= 15 is 0 Å². The Kier molecular flexibility index (Phi) is 10.9. The molecule has 0 saturated carbocycles. The van der Waals surface area contributed by atoms with Gasteiger partial charge in [0.2, 0.25) is 5.91 Å². The first kappa shape index (κ1) is 17.6. The second-order valence-electron chi connectivity index (χ2n) is 3.92. The van der Waals surface area contributed by atoms with Gasteiger partial charge in [-0.3, -0.25) is 14.4 Å². The van der Waals surface area contributed by atoms with Crippen molar-refractivity contribution < 1.29 is 14.4 Å². The summed E-state index contributed by atoms with van der Waals surface area (Å²) in [5.74, 6) is 0.176. The molecule has 0 aromatic carbocycles. The molecule has 0 rings (SSSR count). The molecule has 106 valence electrons. The molecular weight excluding hydrogens is 262 g/mol. The number of amides is 1. The van der Waals surface area contributed by atoms with Crippen molar-refractivity contribution in [3.8, 4) is 0 Å². The van der Waals surface area contributed by atoms with Crippen molar-refractivity contribution in [1.82, 2.24) is 5.32 Å². The van der Waals surface area contributed by atoms with Crippen LogP contribution in [0.15, 0.2) is 24.3 Å². The summed E-state index contributed by atoms with van der Waals surface area (Å²) in [6.45, 7) is 3.94. The zero-order chi connectivity index (χ0) is 14.5. The Morgan fingerprint density at radius 2 is 1.95 bits per heavy atom. The van der Waals surface area contributed by atoms with Crippen molar-refractivity contribution >= 4 is 28.6 Å². The van der Waals surface area contributed by atoms with Crippen molar-refractivity contribution in [2.75, 3.05) is 12.3 Å². The molecule has 0 unspecified atom stereocenters. The van der Waals surface area contributed by atoms with E-state index < -0.39 is 0 Å². The molecule has 0 aliphatic heterocycles. The van der Waals surface area contributed by atoms with Gasteiger partial charge in [-0.2, -0.15) is 0 Å². The predicted octanol–water partition coefficient (Wildman–Crippen LogP) is 2.25. The van der Waals surface area contributed by atoms with Crippen molar-refractivity contribution in [2.24, 2.45) is 0 Å². The van der Waals surface area contributed by atoms with Crippen molar-refractivity contribution in [1.29, 1.82) is 0 Å². The molecule has 4 nitrogen and oxygen atoms in total. The van der Waals surface area contributed by atoms with Gasteiger partial charge in [0.25, 0.3) is 0 Å². The monoisotopic (exact) mass is 283 g/mol. The van der Waals surface area contributed by atoms with E-state index in [1.165, 1.54) is 13.0 Å². The highest BCUT2D eigenvalue weighted by Gasteiger charge is 2.07. The molecule has 0 aliphatic carbocycles. The van der Waals surface area contributed by atoms with Gasteiger partial charge in [0.05, 0.1) is 6.42 Å². The number of nitrogens with one attached hydrogen (secondary N) is 1. The van der Waals surface area contributed by atoms with Gasteiger partial charge >= 0.3 is 0 Å². The molecule has 0 aromatic heterocycles. The fourth-order valence-corrected chi connectivity index (χ4v) is 1.82. The van der Waals surface area contributed by atoms with Crippen LogP contribution in [-0.2, 0) is 14.4 Å². The van der Waals surface area contributed by atoms with E-state index in [-0.39, 0.29) is 23.2 Å². The van der Waals surface area contributed by atoms with Crippen LogP contribution in [0.25, 0.3) is 0 Å². The number of hydrogen-bond donors (Lipinski definition) is 1. The molecule has 5 heteroatoms. The molecule has 0 aromatic rings. The van der Waals surface area contributed by atoms with Gasteiger partial charge in [0, 0.05) is 19.2 Å². The second-order valence-corrected chi connectivity index (χ2v) is 5.07. The lowest BCUT2D eigenvalue weighted by Gasteiger charge is -2.00. The minimum atomic E-state index is -0.196. The second kappa shape index (κ2) is 11.7. The Balaban J connectivity index is 3.74. The molecule has 0 saturated heterocycles. The van der Waals surface area contributed by atoms with Crippen LogP contribution in [0, 0.1) is 0 Å². The maximum absolute atomic E-state index is 11.4. The summed E-state index contributed by atoms with van der Waals surface area (Å²) in [7, 11) is 0. The van der Waals surface area contributed by atoms with Gasteiger partial charge in [-0.25, -0.2) is 0 Å². The minimum Gasteiger partial charge on any atom is -0.356 e. The van der Waals surface area contributed by atoms with E-state index in [4.69, 9.17) is 0 Å². The summed E-state index contributed by atoms with van der Waals surface area (Å²) >= 11 is 1.07. The number of thioether (sulfide) groups is 1. The van der Waals surface area contributed by atoms with Crippen LogP contribution in [0.2, 0.25) is 0 Å². The van der Waals surface area contributed by atoms with Crippen LogP contribution >= 0.6 is 11.8 Å². The molecule has 0 fully saturated rings. The normalized spacial score (nSPS) is 11.1. The summed E-state index contributed by atoms with van der Waals surface area (Å²) in [4.78, 5) is 33.4. The third-order valence-electron chi connectivity index (χ3n) is 2.04. The molecule has 0 heterocycles. The lowest BCUT2D eigenvalue weighted by atomic mass is 10.2. The van der Waals surface area contributed by atoms with Crippen molar-refractivity contribution in [3.63, 3.8) is 0 Å². The molecule has 0 radical (unpaired) electrons. The molecule has 0 spiro atoms. The van der Waals surface area contributed by atoms with E-state index in [0.717, 1.165) is 24.6 Å².